The highest BCUT2D eigenvalue weighted by atomic mass is 16.5. The number of aliphatic hydroxyl groups is 1. The molecular weight excluding hydrogens is 382 g/mol. The van der Waals surface area contributed by atoms with Crippen molar-refractivity contribution < 1.29 is 14.6 Å². The molecule has 0 unspecified atom stereocenters. The van der Waals surface area contributed by atoms with Crippen LogP contribution in [-0.2, 0) is 17.9 Å². The fourth-order valence-corrected chi connectivity index (χ4v) is 3.59. The predicted molar refractivity (Wildman–Crippen MR) is 108 cm³/mol. The van der Waals surface area contributed by atoms with Crippen molar-refractivity contribution in [1.29, 1.82) is 5.26 Å². The highest BCUT2D eigenvalue weighted by molar-refractivity contribution is 5.93. The zero-order valence-electron chi connectivity index (χ0n) is 16.7. The molecule has 8 nitrogen and oxygen atoms in total. The molecule has 0 fully saturated rings. The summed E-state index contributed by atoms with van der Waals surface area (Å²) in [7, 11) is 0. The number of hydrogen-bond acceptors (Lipinski definition) is 7. The number of fused-ring (bicyclic) bond motifs is 1. The van der Waals surface area contributed by atoms with Gasteiger partial charge in [-0.2, -0.15) is 10.4 Å². The Morgan fingerprint density at radius 2 is 2.20 bits per heavy atom. The standard InChI is InChI=1S/C22H21N5O3/c1-13-5-16(9-25-20(13)6-23)27-11-15(8-26-27)7-24-10-21(28)17-3-4-18-19(14(17)2)12-30-22(18)29/h3-5,8-9,11,21,24,28H,7,10,12H2,1-2H3/t21-/m0/s1. The van der Waals surface area contributed by atoms with E-state index in [0.29, 0.717) is 24.3 Å². The van der Waals surface area contributed by atoms with Crippen molar-refractivity contribution in [2.24, 2.45) is 0 Å². The zero-order valence-corrected chi connectivity index (χ0v) is 16.7. The van der Waals surface area contributed by atoms with E-state index in [1.165, 1.54) is 0 Å². The van der Waals surface area contributed by atoms with Crippen molar-refractivity contribution >= 4 is 5.97 Å². The zero-order chi connectivity index (χ0) is 21.3. The first-order chi connectivity index (χ1) is 14.5. The Balaban J connectivity index is 1.38. The minimum Gasteiger partial charge on any atom is -0.457 e. The molecule has 1 aliphatic rings. The molecule has 3 aromatic rings. The summed E-state index contributed by atoms with van der Waals surface area (Å²) in [5.41, 5.74) is 6.04. The lowest BCUT2D eigenvalue weighted by atomic mass is 9.95. The number of esters is 1. The molecule has 0 saturated carbocycles. The number of nitrogens with zero attached hydrogens (tertiary/aromatic N) is 4. The normalized spacial score (nSPS) is 13.6. The number of aryl methyl sites for hydroxylation is 1. The summed E-state index contributed by atoms with van der Waals surface area (Å²) >= 11 is 0. The lowest BCUT2D eigenvalue weighted by molar-refractivity contribution is 0.0535. The van der Waals surface area contributed by atoms with E-state index in [4.69, 9.17) is 10.00 Å². The van der Waals surface area contributed by atoms with Crippen molar-refractivity contribution in [1.82, 2.24) is 20.1 Å². The molecule has 1 aliphatic heterocycles. The number of ether oxygens (including phenoxy) is 1. The smallest absolute Gasteiger partial charge is 0.338 e. The Labute approximate surface area is 173 Å². The Kier molecular flexibility index (Phi) is 5.31. The van der Waals surface area contributed by atoms with E-state index in [1.54, 1.807) is 29.2 Å². The molecule has 1 atom stereocenters. The van der Waals surface area contributed by atoms with Gasteiger partial charge in [-0.05, 0) is 42.7 Å². The van der Waals surface area contributed by atoms with Crippen LogP contribution in [-0.4, -0.2) is 32.4 Å². The highest BCUT2D eigenvalue weighted by Crippen LogP contribution is 2.28. The monoisotopic (exact) mass is 403 g/mol. The van der Waals surface area contributed by atoms with Crippen molar-refractivity contribution in [2.45, 2.75) is 33.1 Å². The van der Waals surface area contributed by atoms with Crippen molar-refractivity contribution in [2.75, 3.05) is 6.54 Å². The number of benzene rings is 1. The second kappa shape index (κ2) is 8.06. The molecule has 0 spiro atoms. The number of rotatable bonds is 6. The van der Waals surface area contributed by atoms with E-state index < -0.39 is 6.10 Å². The van der Waals surface area contributed by atoms with Crippen LogP contribution in [0.25, 0.3) is 5.69 Å². The predicted octanol–water partition coefficient (Wildman–Crippen LogP) is 2.25. The Morgan fingerprint density at radius 1 is 1.37 bits per heavy atom. The van der Waals surface area contributed by atoms with Crippen LogP contribution in [0.5, 0.6) is 0 Å². The average Bonchev–Trinajstić information content (AvgIpc) is 3.36. The topological polar surface area (TPSA) is 113 Å². The number of aliphatic hydroxyl groups excluding tert-OH is 1. The molecule has 2 aromatic heterocycles. The highest BCUT2D eigenvalue weighted by Gasteiger charge is 2.25. The summed E-state index contributed by atoms with van der Waals surface area (Å²) in [5.74, 6) is -0.308. The fourth-order valence-electron chi connectivity index (χ4n) is 3.59. The number of carbonyl (C=O) groups is 1. The van der Waals surface area contributed by atoms with Crippen molar-refractivity contribution in [3.05, 3.63) is 75.9 Å². The lowest BCUT2D eigenvalue weighted by Crippen LogP contribution is -2.21. The SMILES string of the molecule is Cc1cc(-n2cc(CNC[C@H](O)c3ccc4c(c3C)COC4=O)cn2)cnc1C#N. The molecular formula is C22H21N5O3. The molecule has 4 rings (SSSR count). The third-order valence-electron chi connectivity index (χ3n) is 5.30. The van der Waals surface area contributed by atoms with Crippen molar-refractivity contribution in [3.8, 4) is 11.8 Å². The first-order valence-electron chi connectivity index (χ1n) is 9.57. The van der Waals surface area contributed by atoms with Gasteiger partial charge in [-0.1, -0.05) is 6.07 Å². The molecule has 0 saturated heterocycles. The first kappa shape index (κ1) is 19.8. The summed E-state index contributed by atoms with van der Waals surface area (Å²) in [6.07, 6.45) is 4.54. The molecule has 2 N–H and O–H groups in total. The van der Waals surface area contributed by atoms with Gasteiger partial charge in [0.2, 0.25) is 0 Å². The van der Waals surface area contributed by atoms with Gasteiger partial charge in [0.05, 0.1) is 29.7 Å². The van der Waals surface area contributed by atoms with Gasteiger partial charge in [0.1, 0.15) is 18.4 Å². The van der Waals surface area contributed by atoms with Gasteiger partial charge in [0.25, 0.3) is 0 Å². The maximum absolute atomic E-state index is 11.7. The van der Waals surface area contributed by atoms with Gasteiger partial charge in [0.15, 0.2) is 0 Å². The summed E-state index contributed by atoms with van der Waals surface area (Å²) < 4.78 is 6.78. The Morgan fingerprint density at radius 3 is 2.97 bits per heavy atom. The maximum Gasteiger partial charge on any atom is 0.338 e. The van der Waals surface area contributed by atoms with Gasteiger partial charge in [0, 0.05) is 30.4 Å². The molecule has 30 heavy (non-hydrogen) atoms. The van der Waals surface area contributed by atoms with Crippen LogP contribution in [0.15, 0.2) is 36.8 Å². The fraction of sp³-hybridized carbons (Fsp3) is 0.273. The molecule has 152 valence electrons. The van der Waals surface area contributed by atoms with E-state index in [1.807, 2.05) is 26.1 Å². The number of nitrogens with one attached hydrogen (secondary N) is 1. The Hall–Kier alpha value is -3.54. The van der Waals surface area contributed by atoms with Crippen LogP contribution in [0.4, 0.5) is 0 Å². The second-order valence-electron chi connectivity index (χ2n) is 7.29. The van der Waals surface area contributed by atoms with E-state index >= 15 is 0 Å². The molecule has 8 heteroatoms. The van der Waals surface area contributed by atoms with Gasteiger partial charge in [-0.15, -0.1) is 0 Å². The van der Waals surface area contributed by atoms with Gasteiger partial charge in [-0.3, -0.25) is 0 Å². The third kappa shape index (κ3) is 3.68. The largest absolute Gasteiger partial charge is 0.457 e. The number of aromatic nitrogens is 3. The first-order valence-corrected chi connectivity index (χ1v) is 9.57. The number of nitriles is 1. The summed E-state index contributed by atoms with van der Waals surface area (Å²) in [4.78, 5) is 15.8. The second-order valence-corrected chi connectivity index (χ2v) is 7.29. The molecule has 3 heterocycles. The van der Waals surface area contributed by atoms with Crippen LogP contribution < -0.4 is 5.32 Å². The quantitative estimate of drug-likeness (QED) is 0.607. The van der Waals surface area contributed by atoms with Crippen LogP contribution in [0.1, 0.15) is 50.0 Å². The van der Waals surface area contributed by atoms with Crippen molar-refractivity contribution in [3.63, 3.8) is 0 Å². The number of carbonyl (C=O) groups excluding carboxylic acids is 1. The van der Waals surface area contributed by atoms with Crippen LogP contribution in [0, 0.1) is 25.2 Å². The summed E-state index contributed by atoms with van der Waals surface area (Å²) in [6.45, 7) is 4.89. The average molecular weight is 403 g/mol. The minimum absolute atomic E-state index is 0.261. The molecule has 1 aromatic carbocycles. The van der Waals surface area contributed by atoms with Crippen LogP contribution in [0.3, 0.4) is 0 Å². The van der Waals surface area contributed by atoms with Crippen LogP contribution in [0.2, 0.25) is 0 Å². The van der Waals surface area contributed by atoms with Gasteiger partial charge >= 0.3 is 5.97 Å². The Bertz CT molecular complexity index is 1160. The van der Waals surface area contributed by atoms with E-state index in [0.717, 1.165) is 33.5 Å². The molecule has 0 aliphatic carbocycles. The third-order valence-corrected chi connectivity index (χ3v) is 5.30. The number of pyridine rings is 1. The minimum atomic E-state index is -0.702. The van der Waals surface area contributed by atoms with Crippen LogP contribution >= 0.6 is 0 Å². The molecule has 0 radical (unpaired) electrons. The number of cyclic esters (lactones) is 1. The van der Waals surface area contributed by atoms with E-state index in [2.05, 4.69) is 21.5 Å². The van der Waals surface area contributed by atoms with E-state index in [-0.39, 0.29) is 12.6 Å². The maximum atomic E-state index is 11.7. The summed E-state index contributed by atoms with van der Waals surface area (Å²) in [5, 5.41) is 27.2. The lowest BCUT2D eigenvalue weighted by Gasteiger charge is -2.16. The number of hydrogen-bond donors (Lipinski definition) is 2. The summed E-state index contributed by atoms with van der Waals surface area (Å²) in [6, 6.07) is 7.42. The van der Waals surface area contributed by atoms with E-state index in [9.17, 15) is 9.90 Å². The molecule has 0 amide bonds. The van der Waals surface area contributed by atoms with Gasteiger partial charge in [-0.25, -0.2) is 14.5 Å². The van der Waals surface area contributed by atoms with Gasteiger partial charge < -0.3 is 15.2 Å². The molecule has 0 bridgehead atoms.